The molecule has 16 heavy (non-hydrogen) atoms. The van der Waals surface area contributed by atoms with Crippen LogP contribution in [0.5, 0.6) is 0 Å². The van der Waals surface area contributed by atoms with E-state index < -0.39 is 0 Å². The molecule has 2 heterocycles. The summed E-state index contributed by atoms with van der Waals surface area (Å²) in [6.07, 6.45) is 1.86. The third-order valence-electron chi connectivity index (χ3n) is 2.36. The Kier molecular flexibility index (Phi) is 3.19. The number of aromatic nitrogens is 2. The summed E-state index contributed by atoms with van der Waals surface area (Å²) in [7, 11) is 0. The average molecular weight is 233 g/mol. The van der Waals surface area contributed by atoms with E-state index in [0.717, 1.165) is 28.6 Å². The Hall–Kier alpha value is -1.42. The molecule has 0 spiro atoms. The van der Waals surface area contributed by atoms with Crippen LogP contribution >= 0.6 is 11.3 Å². The lowest BCUT2D eigenvalue weighted by atomic mass is 10.3. The average Bonchev–Trinajstić information content (AvgIpc) is 2.57. The van der Waals surface area contributed by atoms with E-state index in [2.05, 4.69) is 15.3 Å². The van der Waals surface area contributed by atoms with Gasteiger partial charge in [0.1, 0.15) is 0 Å². The minimum atomic E-state index is 0.822. The number of aryl methyl sites for hydroxylation is 3. The molecule has 1 N–H and O–H groups in total. The van der Waals surface area contributed by atoms with Crippen molar-refractivity contribution in [2.75, 3.05) is 5.32 Å². The van der Waals surface area contributed by atoms with Crippen molar-refractivity contribution in [1.29, 1.82) is 0 Å². The van der Waals surface area contributed by atoms with Gasteiger partial charge in [-0.2, -0.15) is 0 Å². The SMILES string of the molecule is Cc1ccc(NCc2sc(C)nc2C)cn1. The van der Waals surface area contributed by atoms with Crippen LogP contribution in [-0.2, 0) is 6.54 Å². The molecule has 0 aliphatic carbocycles. The van der Waals surface area contributed by atoms with Crippen molar-refractivity contribution in [2.24, 2.45) is 0 Å². The lowest BCUT2D eigenvalue weighted by Gasteiger charge is -2.04. The quantitative estimate of drug-likeness (QED) is 0.885. The molecule has 0 aromatic carbocycles. The van der Waals surface area contributed by atoms with E-state index in [-0.39, 0.29) is 0 Å². The molecule has 4 heteroatoms. The van der Waals surface area contributed by atoms with Gasteiger partial charge in [0, 0.05) is 10.6 Å². The van der Waals surface area contributed by atoms with Crippen molar-refractivity contribution in [3.63, 3.8) is 0 Å². The predicted molar refractivity (Wildman–Crippen MR) is 67.9 cm³/mol. The topological polar surface area (TPSA) is 37.8 Å². The molecule has 2 aromatic rings. The summed E-state index contributed by atoms with van der Waals surface area (Å²) in [5.74, 6) is 0. The molecule has 0 amide bonds. The van der Waals surface area contributed by atoms with E-state index in [9.17, 15) is 0 Å². The fraction of sp³-hybridized carbons (Fsp3) is 0.333. The highest BCUT2D eigenvalue weighted by Crippen LogP contribution is 2.18. The van der Waals surface area contributed by atoms with Crippen LogP contribution in [-0.4, -0.2) is 9.97 Å². The minimum Gasteiger partial charge on any atom is -0.379 e. The number of nitrogens with zero attached hydrogens (tertiary/aromatic N) is 2. The van der Waals surface area contributed by atoms with Crippen LogP contribution < -0.4 is 5.32 Å². The molecule has 0 saturated carbocycles. The van der Waals surface area contributed by atoms with Crippen LogP contribution in [0.1, 0.15) is 21.3 Å². The van der Waals surface area contributed by atoms with E-state index in [4.69, 9.17) is 0 Å². The van der Waals surface area contributed by atoms with Gasteiger partial charge in [-0.3, -0.25) is 4.98 Å². The van der Waals surface area contributed by atoms with Gasteiger partial charge in [0.05, 0.1) is 29.1 Å². The zero-order valence-electron chi connectivity index (χ0n) is 9.74. The Labute approximate surface area is 99.6 Å². The molecule has 0 unspecified atom stereocenters. The number of hydrogen-bond donors (Lipinski definition) is 1. The first-order valence-corrected chi connectivity index (χ1v) is 6.06. The second-order valence-corrected chi connectivity index (χ2v) is 5.07. The first-order chi connectivity index (χ1) is 7.65. The standard InChI is InChI=1S/C12H15N3S/c1-8-4-5-11(6-13-8)14-7-12-9(2)15-10(3)16-12/h4-6,14H,7H2,1-3H3. The van der Waals surface area contributed by atoms with Crippen LogP contribution in [0, 0.1) is 20.8 Å². The second kappa shape index (κ2) is 4.61. The Bertz CT molecular complexity index is 474. The largest absolute Gasteiger partial charge is 0.379 e. The molecular formula is C12H15N3S. The first kappa shape index (κ1) is 11.1. The molecule has 0 bridgehead atoms. The van der Waals surface area contributed by atoms with Crippen LogP contribution in [0.25, 0.3) is 0 Å². The van der Waals surface area contributed by atoms with Gasteiger partial charge in [-0.05, 0) is 32.9 Å². The molecule has 0 saturated heterocycles. The van der Waals surface area contributed by atoms with Gasteiger partial charge in [0.15, 0.2) is 0 Å². The molecule has 2 aromatic heterocycles. The van der Waals surface area contributed by atoms with E-state index in [1.807, 2.05) is 39.1 Å². The monoisotopic (exact) mass is 233 g/mol. The Morgan fingerprint density at radius 3 is 2.62 bits per heavy atom. The van der Waals surface area contributed by atoms with Crippen LogP contribution in [0.4, 0.5) is 5.69 Å². The predicted octanol–water partition coefficient (Wildman–Crippen LogP) is 3.08. The number of nitrogens with one attached hydrogen (secondary N) is 1. The number of rotatable bonds is 3. The maximum Gasteiger partial charge on any atom is 0.0900 e. The summed E-state index contributed by atoms with van der Waals surface area (Å²) in [6, 6.07) is 4.05. The zero-order chi connectivity index (χ0) is 11.5. The van der Waals surface area contributed by atoms with Gasteiger partial charge < -0.3 is 5.32 Å². The maximum absolute atomic E-state index is 4.40. The Morgan fingerprint density at radius 2 is 2.06 bits per heavy atom. The smallest absolute Gasteiger partial charge is 0.0900 e. The molecule has 3 nitrogen and oxygen atoms in total. The summed E-state index contributed by atoms with van der Waals surface area (Å²) >= 11 is 1.74. The lowest BCUT2D eigenvalue weighted by molar-refractivity contribution is 1.10. The van der Waals surface area contributed by atoms with Gasteiger partial charge in [-0.15, -0.1) is 11.3 Å². The van der Waals surface area contributed by atoms with E-state index in [1.165, 1.54) is 4.88 Å². The summed E-state index contributed by atoms with van der Waals surface area (Å²) in [5, 5.41) is 4.47. The summed E-state index contributed by atoms with van der Waals surface area (Å²) < 4.78 is 0. The number of hydrogen-bond acceptors (Lipinski definition) is 4. The highest BCUT2D eigenvalue weighted by atomic mass is 32.1. The third kappa shape index (κ3) is 2.58. The number of pyridine rings is 1. The van der Waals surface area contributed by atoms with E-state index >= 15 is 0 Å². The molecule has 2 rings (SSSR count). The molecule has 0 aliphatic rings. The third-order valence-corrected chi connectivity index (χ3v) is 3.44. The van der Waals surface area contributed by atoms with Crippen molar-refractivity contribution in [1.82, 2.24) is 9.97 Å². The fourth-order valence-electron chi connectivity index (χ4n) is 1.49. The molecule has 0 aliphatic heterocycles. The van der Waals surface area contributed by atoms with Crippen LogP contribution in [0.3, 0.4) is 0 Å². The molecular weight excluding hydrogens is 218 g/mol. The summed E-state index contributed by atoms with van der Waals surface area (Å²) in [6.45, 7) is 6.89. The van der Waals surface area contributed by atoms with Crippen molar-refractivity contribution in [2.45, 2.75) is 27.3 Å². The maximum atomic E-state index is 4.40. The Balaban J connectivity index is 2.02. The van der Waals surface area contributed by atoms with E-state index in [1.54, 1.807) is 11.3 Å². The van der Waals surface area contributed by atoms with Gasteiger partial charge in [0.25, 0.3) is 0 Å². The van der Waals surface area contributed by atoms with Crippen molar-refractivity contribution < 1.29 is 0 Å². The van der Waals surface area contributed by atoms with Crippen molar-refractivity contribution in [3.8, 4) is 0 Å². The highest BCUT2D eigenvalue weighted by Gasteiger charge is 2.03. The van der Waals surface area contributed by atoms with Crippen LogP contribution in [0.15, 0.2) is 18.3 Å². The zero-order valence-corrected chi connectivity index (χ0v) is 10.6. The normalized spacial score (nSPS) is 10.4. The number of thiazole rings is 1. The second-order valence-electron chi connectivity index (χ2n) is 3.78. The fourth-order valence-corrected chi connectivity index (χ4v) is 2.37. The molecule has 84 valence electrons. The van der Waals surface area contributed by atoms with E-state index in [0.29, 0.717) is 0 Å². The molecule has 0 atom stereocenters. The van der Waals surface area contributed by atoms with Crippen LogP contribution in [0.2, 0.25) is 0 Å². The lowest BCUT2D eigenvalue weighted by Crippen LogP contribution is -1.99. The Morgan fingerprint density at radius 1 is 1.25 bits per heavy atom. The first-order valence-electron chi connectivity index (χ1n) is 5.24. The van der Waals surface area contributed by atoms with Gasteiger partial charge in [-0.25, -0.2) is 4.98 Å². The minimum absolute atomic E-state index is 0.822. The molecule has 0 radical (unpaired) electrons. The van der Waals surface area contributed by atoms with Gasteiger partial charge in [-0.1, -0.05) is 0 Å². The molecule has 0 fully saturated rings. The van der Waals surface area contributed by atoms with Gasteiger partial charge in [0.2, 0.25) is 0 Å². The number of anilines is 1. The summed E-state index contributed by atoms with van der Waals surface area (Å²) in [4.78, 5) is 9.93. The highest BCUT2D eigenvalue weighted by molar-refractivity contribution is 7.11. The van der Waals surface area contributed by atoms with Gasteiger partial charge >= 0.3 is 0 Å². The van der Waals surface area contributed by atoms with Crippen molar-refractivity contribution >= 4 is 17.0 Å². The summed E-state index contributed by atoms with van der Waals surface area (Å²) in [5.41, 5.74) is 3.21. The van der Waals surface area contributed by atoms with Crippen molar-refractivity contribution in [3.05, 3.63) is 39.6 Å².